The van der Waals surface area contributed by atoms with E-state index in [4.69, 9.17) is 0 Å². The normalized spacial score (nSPS) is 16.4. The molecule has 0 N–H and O–H groups in total. The Labute approximate surface area is 194 Å². The van der Waals surface area contributed by atoms with Crippen molar-refractivity contribution in [3.63, 3.8) is 0 Å². The van der Waals surface area contributed by atoms with Gasteiger partial charge in [0.1, 0.15) is 0 Å². The summed E-state index contributed by atoms with van der Waals surface area (Å²) in [6.07, 6.45) is -15.8. The van der Waals surface area contributed by atoms with Crippen LogP contribution in [0.15, 0.2) is 0 Å². The minimum absolute atomic E-state index is 0.803. The Hall–Kier alpha value is -1.02. The summed E-state index contributed by atoms with van der Waals surface area (Å²) in [4.78, 5) is 0. The second-order valence-corrected chi connectivity index (χ2v) is 9.58. The fraction of sp³-hybridized carbons (Fsp3) is 1.00. The lowest BCUT2D eigenvalue weighted by atomic mass is 9.91. The van der Waals surface area contributed by atoms with Gasteiger partial charge in [-0.2, -0.15) is 65.9 Å². The van der Waals surface area contributed by atoms with E-state index in [1.54, 1.807) is 0 Å². The van der Waals surface area contributed by atoms with E-state index in [-0.39, 0.29) is 0 Å². The Balaban J connectivity index is 6.75. The first-order valence-electron chi connectivity index (χ1n) is 9.70. The molecule has 0 rings (SSSR count). The third kappa shape index (κ3) is 5.69. The maximum absolute atomic E-state index is 14.7. The number of rotatable bonds is 15. The molecule has 20 heteroatoms. The molecule has 0 radical (unpaired) electrons. The molecule has 0 fully saturated rings. The van der Waals surface area contributed by atoms with E-state index in [1.807, 2.05) is 0 Å². The molecule has 0 spiro atoms. The third-order valence-electron chi connectivity index (χ3n) is 4.46. The summed E-state index contributed by atoms with van der Waals surface area (Å²) in [7, 11) is -6.54. The van der Waals surface area contributed by atoms with Crippen molar-refractivity contribution in [3.8, 4) is 0 Å². The van der Waals surface area contributed by atoms with Crippen molar-refractivity contribution in [3.05, 3.63) is 0 Å². The van der Waals surface area contributed by atoms with E-state index >= 15 is 0 Å². The topological polar surface area (TPSA) is 27.7 Å². The Kier molecular flexibility index (Phi) is 10.7. The van der Waals surface area contributed by atoms with Gasteiger partial charge in [-0.15, -0.1) is 0 Å². The van der Waals surface area contributed by atoms with E-state index in [0.29, 0.717) is 0 Å². The summed E-state index contributed by atoms with van der Waals surface area (Å²) in [5.41, 5.74) is -6.69. The zero-order valence-corrected chi connectivity index (χ0v) is 19.4. The summed E-state index contributed by atoms with van der Waals surface area (Å²) >= 11 is 0. The Morgan fingerprint density at radius 3 is 1.19 bits per heavy atom. The lowest BCUT2D eigenvalue weighted by molar-refractivity contribution is -0.425. The summed E-state index contributed by atoms with van der Waals surface area (Å²) in [5.74, 6) is -39.0. The van der Waals surface area contributed by atoms with Gasteiger partial charge in [0, 0.05) is 26.2 Å². The third-order valence-corrected chi connectivity index (χ3v) is 7.55. The van der Waals surface area contributed by atoms with E-state index in [9.17, 15) is 70.2 Å². The van der Waals surface area contributed by atoms with Crippen molar-refractivity contribution >= 4 is 8.80 Å². The van der Waals surface area contributed by atoms with Crippen LogP contribution >= 0.6 is 0 Å². The molecule has 0 aromatic heterocycles. The van der Waals surface area contributed by atoms with Gasteiger partial charge in [0.05, 0.1) is 0 Å². The van der Waals surface area contributed by atoms with Crippen LogP contribution in [0.3, 0.4) is 0 Å². The van der Waals surface area contributed by atoms with Gasteiger partial charge in [-0.3, -0.25) is 0 Å². The van der Waals surface area contributed by atoms with Crippen molar-refractivity contribution in [2.45, 2.75) is 81.1 Å². The molecular formula is C16H20F16O3Si. The van der Waals surface area contributed by atoms with Crippen LogP contribution < -0.4 is 0 Å². The molecule has 0 saturated heterocycles. The SMILES string of the molecule is CCO[Si](OCC)(OCC)C(F)(F)C(F)(F)C(F)(F)C(F)(F)C(F)(F)C(F)(F)C(F)CCC(F)(F)F. The monoisotopic (exact) mass is 592 g/mol. The molecule has 0 aromatic rings. The first-order valence-corrected chi connectivity index (χ1v) is 11.4. The molecule has 1 atom stereocenters. The molecule has 0 saturated carbocycles. The predicted octanol–water partition coefficient (Wildman–Crippen LogP) is 7.07. The molecular weight excluding hydrogens is 572 g/mol. The summed E-state index contributed by atoms with van der Waals surface area (Å²) in [5, 5.41) is 0. The molecule has 0 aromatic carbocycles. The van der Waals surface area contributed by atoms with Crippen LogP contribution in [0.25, 0.3) is 0 Å². The highest BCUT2D eigenvalue weighted by atomic mass is 28.4. The van der Waals surface area contributed by atoms with Gasteiger partial charge < -0.3 is 13.3 Å². The Morgan fingerprint density at radius 2 is 0.889 bits per heavy atom. The average Bonchev–Trinajstić information content (AvgIpc) is 2.70. The number of hydrogen-bond acceptors (Lipinski definition) is 3. The van der Waals surface area contributed by atoms with Crippen molar-refractivity contribution in [2.24, 2.45) is 0 Å². The van der Waals surface area contributed by atoms with Crippen LogP contribution in [0.2, 0.25) is 0 Å². The zero-order chi connectivity index (χ0) is 29.2. The van der Waals surface area contributed by atoms with E-state index in [2.05, 4.69) is 13.3 Å². The highest BCUT2D eigenvalue weighted by Crippen LogP contribution is 2.62. The Morgan fingerprint density at radius 1 is 0.556 bits per heavy atom. The molecule has 0 bridgehead atoms. The molecule has 3 nitrogen and oxygen atoms in total. The maximum Gasteiger partial charge on any atom is 0.582 e. The summed E-state index contributed by atoms with van der Waals surface area (Å²) < 4.78 is 232. The van der Waals surface area contributed by atoms with E-state index < -0.39 is 89.0 Å². The minimum atomic E-state index is -8.18. The molecule has 1 unspecified atom stereocenters. The molecule has 0 heterocycles. The highest BCUT2D eigenvalue weighted by Gasteiger charge is 2.94. The van der Waals surface area contributed by atoms with Gasteiger partial charge in [-0.1, -0.05) is 0 Å². The second-order valence-electron chi connectivity index (χ2n) is 6.97. The molecule has 0 aliphatic heterocycles. The van der Waals surface area contributed by atoms with Gasteiger partial charge in [0.25, 0.3) is 0 Å². The first-order chi connectivity index (χ1) is 15.8. The fourth-order valence-corrected chi connectivity index (χ4v) is 5.10. The average molecular weight is 592 g/mol. The first kappa shape index (κ1) is 35.0. The van der Waals surface area contributed by atoms with Crippen LogP contribution in [0.1, 0.15) is 33.6 Å². The Bertz CT molecular complexity index is 695. The van der Waals surface area contributed by atoms with Crippen molar-refractivity contribution < 1.29 is 83.5 Å². The van der Waals surface area contributed by atoms with Gasteiger partial charge in [0.2, 0.25) is 0 Å². The summed E-state index contributed by atoms with van der Waals surface area (Å²) in [6.45, 7) is -0.766. The van der Waals surface area contributed by atoms with Crippen molar-refractivity contribution in [1.29, 1.82) is 0 Å². The van der Waals surface area contributed by atoms with Gasteiger partial charge >= 0.3 is 50.1 Å². The number of hydrogen-bond donors (Lipinski definition) is 0. The summed E-state index contributed by atoms with van der Waals surface area (Å²) in [6, 6.07) is 0. The van der Waals surface area contributed by atoms with E-state index in [1.165, 1.54) is 0 Å². The standard InChI is InChI=1S/C16H20F16O3Si/c1-4-33-36(34-5-2,35-6-3)16(31,32)15(29,30)14(27,28)13(25,26)12(23,24)11(21,22)9(17)7-8-10(18,19)20/h9H,4-8H2,1-3H3. The van der Waals surface area contributed by atoms with Crippen molar-refractivity contribution in [2.75, 3.05) is 19.8 Å². The second kappa shape index (κ2) is 11.0. The van der Waals surface area contributed by atoms with Gasteiger partial charge in [0.15, 0.2) is 6.17 Å². The van der Waals surface area contributed by atoms with Crippen LogP contribution in [-0.2, 0) is 13.3 Å². The fourth-order valence-electron chi connectivity index (χ4n) is 2.63. The van der Waals surface area contributed by atoms with Crippen LogP contribution in [0.4, 0.5) is 70.2 Å². The number of halogens is 16. The van der Waals surface area contributed by atoms with Gasteiger partial charge in [-0.05, 0) is 27.2 Å². The zero-order valence-electron chi connectivity index (χ0n) is 18.4. The van der Waals surface area contributed by atoms with Gasteiger partial charge in [-0.25, -0.2) is 4.39 Å². The maximum atomic E-state index is 14.7. The minimum Gasteiger partial charge on any atom is -0.370 e. The van der Waals surface area contributed by atoms with Crippen LogP contribution in [0, 0.1) is 0 Å². The smallest absolute Gasteiger partial charge is 0.370 e. The van der Waals surface area contributed by atoms with E-state index in [0.717, 1.165) is 20.8 Å². The molecule has 218 valence electrons. The molecule has 0 aliphatic rings. The van der Waals surface area contributed by atoms with Crippen LogP contribution in [-0.4, -0.2) is 76.1 Å². The van der Waals surface area contributed by atoms with Crippen LogP contribution in [0.5, 0.6) is 0 Å². The highest BCUT2D eigenvalue weighted by molar-refractivity contribution is 6.63. The molecule has 0 amide bonds. The quantitative estimate of drug-likeness (QED) is 0.151. The largest absolute Gasteiger partial charge is 0.582 e. The number of alkyl halides is 16. The predicted molar refractivity (Wildman–Crippen MR) is 90.5 cm³/mol. The molecule has 0 aliphatic carbocycles. The lowest BCUT2D eigenvalue weighted by Gasteiger charge is -2.44. The van der Waals surface area contributed by atoms with Crippen molar-refractivity contribution in [1.82, 2.24) is 0 Å². The molecule has 36 heavy (non-hydrogen) atoms. The lowest BCUT2D eigenvalue weighted by Crippen LogP contribution is -2.77.